The van der Waals surface area contributed by atoms with E-state index >= 15 is 0 Å². The Hall–Kier alpha value is -7.51. The van der Waals surface area contributed by atoms with Gasteiger partial charge in [0.1, 0.15) is 11.7 Å². The van der Waals surface area contributed by atoms with Crippen molar-refractivity contribution in [2.75, 3.05) is 0 Å². The monoisotopic (exact) mass is 856 g/mol. The van der Waals surface area contributed by atoms with Crippen LogP contribution in [0.4, 0.5) is 13.2 Å². The van der Waals surface area contributed by atoms with Gasteiger partial charge in [-0.3, -0.25) is 0 Å². The molecule has 0 unspecified atom stereocenters. The maximum absolute atomic E-state index is 14.9. The maximum atomic E-state index is 14.9. The van der Waals surface area contributed by atoms with Gasteiger partial charge in [-0.05, 0) is 140 Å². The van der Waals surface area contributed by atoms with E-state index in [9.17, 15) is 13.2 Å². The fourth-order valence-corrected chi connectivity index (χ4v) is 10.1. The first-order chi connectivity index (χ1) is 31.3. The van der Waals surface area contributed by atoms with Gasteiger partial charge in [-0.15, -0.1) is 0 Å². The van der Waals surface area contributed by atoms with Gasteiger partial charge in [0, 0.05) is 32.8 Å². The number of allylic oxidation sites excluding steroid dienone is 4. The van der Waals surface area contributed by atoms with Gasteiger partial charge >= 0.3 is 6.18 Å². The van der Waals surface area contributed by atoms with Gasteiger partial charge in [-0.2, -0.15) is 13.2 Å². The minimum atomic E-state index is -4.57. The van der Waals surface area contributed by atoms with Gasteiger partial charge in [0.25, 0.3) is 0 Å². The Bertz CT molecular complexity index is 3350. The van der Waals surface area contributed by atoms with Gasteiger partial charge in [0.2, 0.25) is 0 Å². The average molecular weight is 857 g/mol. The molecule has 65 heavy (non-hydrogen) atoms. The lowest BCUT2D eigenvalue weighted by Crippen LogP contribution is -2.39. The summed E-state index contributed by atoms with van der Waals surface area (Å²) in [5.41, 5.74) is 15.8. The summed E-state index contributed by atoms with van der Waals surface area (Å²) in [5, 5.41) is 6.60. The molecule has 2 heterocycles. The van der Waals surface area contributed by atoms with E-state index in [-0.39, 0.29) is 12.0 Å². The molecule has 1 aliphatic heterocycles. The van der Waals surface area contributed by atoms with E-state index in [2.05, 4.69) is 112 Å². The number of nitrogens with one attached hydrogen (secondary N) is 1. The van der Waals surface area contributed by atoms with Crippen molar-refractivity contribution < 1.29 is 13.2 Å². The summed E-state index contributed by atoms with van der Waals surface area (Å²) in [6.45, 7) is 12.9. The molecular formula is C58H47F3N4. The Balaban J connectivity index is 1.30. The summed E-state index contributed by atoms with van der Waals surface area (Å²) in [7, 11) is 0. The van der Waals surface area contributed by atoms with Crippen LogP contribution >= 0.6 is 0 Å². The second-order valence-corrected chi connectivity index (χ2v) is 17.4. The van der Waals surface area contributed by atoms with E-state index in [1.807, 2.05) is 78.9 Å². The standard InChI is InChI=1S/C58H47F3N4/c1-34-27-36(3)53(37(4)28-34)42-21-25-51-47(31-42)48-32-43(54-38(5)29-35(2)30-39(54)6)22-26-52(48)65(51)44-23-24-45(46-19-13-14-20-50(46)58(59,60)61)49(33-44)57-63-55(40-15-9-7-10-16-40)62-56(64-57)41-17-11-8-12-18-41/h7-18,20-33H,19H2,1-6H3,(H,62,63,64). The maximum Gasteiger partial charge on any atom is 0.416 e. The Kier molecular flexibility index (Phi) is 10.4. The minimum absolute atomic E-state index is 0.108. The quantitative estimate of drug-likeness (QED) is 0.184. The number of hydrogen-bond donors (Lipinski definition) is 1. The van der Waals surface area contributed by atoms with Crippen LogP contribution in [0.25, 0.3) is 61.1 Å². The topological polar surface area (TPSA) is 41.7 Å². The summed E-state index contributed by atoms with van der Waals surface area (Å²) in [6.07, 6.45) is -0.0369. The minimum Gasteiger partial charge on any atom is -0.324 e. The van der Waals surface area contributed by atoms with Crippen molar-refractivity contribution in [1.82, 2.24) is 9.88 Å². The van der Waals surface area contributed by atoms with E-state index in [0.717, 1.165) is 49.7 Å². The molecular weight excluding hydrogens is 810 g/mol. The van der Waals surface area contributed by atoms with Gasteiger partial charge < -0.3 is 9.88 Å². The van der Waals surface area contributed by atoms with Crippen molar-refractivity contribution in [3.05, 3.63) is 218 Å². The zero-order valence-electron chi connectivity index (χ0n) is 37.2. The van der Waals surface area contributed by atoms with Crippen LogP contribution < -0.4 is 15.8 Å². The molecule has 0 amide bonds. The zero-order chi connectivity index (χ0) is 45.1. The number of nitrogens with zero attached hydrogens (tertiary/aromatic N) is 3. The van der Waals surface area contributed by atoms with E-state index in [1.54, 1.807) is 6.08 Å². The third-order valence-corrected chi connectivity index (χ3v) is 12.6. The van der Waals surface area contributed by atoms with Gasteiger partial charge in [0.05, 0.1) is 16.6 Å². The highest BCUT2D eigenvalue weighted by atomic mass is 19.4. The molecule has 0 saturated carbocycles. The summed E-state index contributed by atoms with van der Waals surface area (Å²) >= 11 is 0. The third kappa shape index (κ3) is 7.61. The molecule has 8 aromatic rings. The summed E-state index contributed by atoms with van der Waals surface area (Å²) in [4.78, 5) is 10.1. The number of hydrogen-bond acceptors (Lipinski definition) is 3. The molecule has 1 aliphatic carbocycles. The SMILES string of the molecule is Cc1cc(C)c(-c2ccc3c(c2)c2cc(-c4c(C)cc(C)cc4C)ccc2n3-c2ccc(=C3CC=CC=C3C(F)(F)F)c(=C3N=C(c4ccccc4)N=C(c4ccccc4)N3)c2)c(C)c1. The fraction of sp³-hybridized carbons (Fsp3) is 0.138. The molecule has 1 N–H and O–H groups in total. The Morgan fingerprint density at radius 1 is 0.538 bits per heavy atom. The predicted molar refractivity (Wildman–Crippen MR) is 263 cm³/mol. The first-order valence-corrected chi connectivity index (χ1v) is 21.9. The molecule has 10 rings (SSSR count). The number of rotatable bonds is 5. The van der Waals surface area contributed by atoms with Crippen LogP contribution in [0.3, 0.4) is 0 Å². The van der Waals surface area contributed by atoms with Crippen LogP contribution in [0.5, 0.6) is 0 Å². The molecule has 0 bridgehead atoms. The van der Waals surface area contributed by atoms with Crippen LogP contribution in [-0.4, -0.2) is 22.4 Å². The molecule has 4 nitrogen and oxygen atoms in total. The normalized spacial score (nSPS) is 15.8. The highest BCUT2D eigenvalue weighted by Gasteiger charge is 2.36. The smallest absolute Gasteiger partial charge is 0.324 e. The molecule has 0 spiro atoms. The lowest BCUT2D eigenvalue weighted by Gasteiger charge is -2.20. The first-order valence-electron chi connectivity index (χ1n) is 21.9. The summed E-state index contributed by atoms with van der Waals surface area (Å²) in [5.74, 6) is 1.40. The number of alkyl halides is 3. The number of fused-ring (bicyclic) bond motifs is 3. The average Bonchev–Trinajstić information content (AvgIpc) is 3.61. The van der Waals surface area contributed by atoms with E-state index < -0.39 is 11.7 Å². The molecule has 7 aromatic carbocycles. The van der Waals surface area contributed by atoms with Crippen LogP contribution in [0.15, 0.2) is 173 Å². The van der Waals surface area contributed by atoms with Gasteiger partial charge in [0.15, 0.2) is 5.84 Å². The molecule has 2 aliphatic rings. The van der Waals surface area contributed by atoms with Crippen molar-refractivity contribution in [2.45, 2.75) is 54.1 Å². The van der Waals surface area contributed by atoms with Crippen LogP contribution in [0, 0.1) is 41.5 Å². The lowest BCUT2D eigenvalue weighted by atomic mass is 9.91. The molecule has 0 atom stereocenters. The third-order valence-electron chi connectivity index (χ3n) is 12.6. The van der Waals surface area contributed by atoms with Crippen LogP contribution in [0.2, 0.25) is 0 Å². The molecule has 320 valence electrons. The predicted octanol–water partition coefficient (Wildman–Crippen LogP) is 13.1. The zero-order valence-corrected chi connectivity index (χ0v) is 37.2. The molecule has 0 saturated heterocycles. The molecule has 7 heteroatoms. The highest BCUT2D eigenvalue weighted by Crippen LogP contribution is 2.40. The van der Waals surface area contributed by atoms with E-state index in [0.29, 0.717) is 27.9 Å². The van der Waals surface area contributed by atoms with Crippen molar-refractivity contribution in [3.8, 4) is 27.9 Å². The van der Waals surface area contributed by atoms with E-state index in [4.69, 9.17) is 9.98 Å². The van der Waals surface area contributed by atoms with E-state index in [1.165, 1.54) is 56.7 Å². The second kappa shape index (κ2) is 16.2. The number of aryl methyl sites for hydroxylation is 6. The number of aromatic nitrogens is 1. The van der Waals surface area contributed by atoms with Crippen molar-refractivity contribution in [3.63, 3.8) is 0 Å². The Morgan fingerprint density at radius 2 is 1.08 bits per heavy atom. The Labute approximate surface area is 376 Å². The number of aliphatic imine (C=N–C) groups is 2. The van der Waals surface area contributed by atoms with Gasteiger partial charge in [-0.1, -0.05) is 132 Å². The van der Waals surface area contributed by atoms with Crippen LogP contribution in [0.1, 0.15) is 50.9 Å². The highest BCUT2D eigenvalue weighted by molar-refractivity contribution is 6.16. The molecule has 1 aromatic heterocycles. The molecule has 0 radical (unpaired) electrons. The molecule has 0 fully saturated rings. The first kappa shape index (κ1) is 41.5. The van der Waals surface area contributed by atoms with Crippen molar-refractivity contribution in [1.29, 1.82) is 0 Å². The lowest BCUT2D eigenvalue weighted by molar-refractivity contribution is -0.0874. The van der Waals surface area contributed by atoms with Crippen LogP contribution in [-0.2, 0) is 0 Å². The number of amidine groups is 2. The second-order valence-electron chi connectivity index (χ2n) is 17.4. The largest absolute Gasteiger partial charge is 0.416 e. The van der Waals surface area contributed by atoms with Crippen molar-refractivity contribution >= 4 is 44.9 Å². The Morgan fingerprint density at radius 3 is 1.62 bits per heavy atom. The van der Waals surface area contributed by atoms with Crippen molar-refractivity contribution in [2.24, 2.45) is 9.98 Å². The number of benzene rings is 7. The fourth-order valence-electron chi connectivity index (χ4n) is 10.1. The summed E-state index contributed by atoms with van der Waals surface area (Å²) < 4.78 is 47.0. The number of halogens is 3. The van der Waals surface area contributed by atoms with Gasteiger partial charge in [-0.25, -0.2) is 9.98 Å². The summed E-state index contributed by atoms with van der Waals surface area (Å²) in [6, 6.07) is 47.4.